The second-order valence-corrected chi connectivity index (χ2v) is 7.87. The van der Waals surface area contributed by atoms with Crippen LogP contribution in [-0.4, -0.2) is 12.7 Å². The Morgan fingerprint density at radius 2 is 1.45 bits per heavy atom. The molecule has 22 heavy (non-hydrogen) atoms. The molecule has 0 spiro atoms. The topological polar surface area (TPSA) is 33.0 Å². The second-order valence-electron chi connectivity index (χ2n) is 7.87. The Labute approximate surface area is 137 Å². The maximum atomic E-state index is 9.67. The van der Waals surface area contributed by atoms with Crippen molar-refractivity contribution in [2.24, 2.45) is 17.3 Å². The summed E-state index contributed by atoms with van der Waals surface area (Å²) in [4.78, 5) is 0. The third kappa shape index (κ3) is 4.98. The van der Waals surface area contributed by atoms with Crippen LogP contribution in [0.3, 0.4) is 0 Å². The second kappa shape index (κ2) is 8.92. The fourth-order valence-electron chi connectivity index (χ4n) is 4.49. The summed E-state index contributed by atoms with van der Waals surface area (Å²) in [6, 6.07) is 2.62. The van der Waals surface area contributed by atoms with Crippen molar-refractivity contribution < 1.29 is 4.74 Å². The van der Waals surface area contributed by atoms with Gasteiger partial charge in [-0.1, -0.05) is 39.5 Å². The molecule has 2 nitrogen and oxygen atoms in total. The fraction of sp³-hybridized carbons (Fsp3) is 0.950. The van der Waals surface area contributed by atoms with Crippen molar-refractivity contribution >= 4 is 0 Å². The summed E-state index contributed by atoms with van der Waals surface area (Å²) in [6.07, 6.45) is 15.4. The number of nitrogens with zero attached hydrogens (tertiary/aromatic N) is 1. The van der Waals surface area contributed by atoms with Gasteiger partial charge in [-0.3, -0.25) is 0 Å². The van der Waals surface area contributed by atoms with E-state index in [2.05, 4.69) is 19.9 Å². The number of hydrogen-bond acceptors (Lipinski definition) is 2. The van der Waals surface area contributed by atoms with Gasteiger partial charge in [0.05, 0.1) is 24.2 Å². The third-order valence-electron chi connectivity index (χ3n) is 6.08. The molecule has 2 heteroatoms. The van der Waals surface area contributed by atoms with E-state index in [0.29, 0.717) is 12.7 Å². The standard InChI is InChI=1S/C20H35NO/c1-3-5-17-7-9-19(10-8-17)22-16-20(15-21)13-11-18(6-4-2)12-14-20/h17-19H,3-14,16H2,1-2H3. The molecule has 0 amide bonds. The quantitative estimate of drug-likeness (QED) is 0.590. The number of ether oxygens (including phenoxy) is 1. The Hall–Kier alpha value is -0.550. The first-order chi connectivity index (χ1) is 10.7. The first-order valence-corrected chi connectivity index (χ1v) is 9.74. The summed E-state index contributed by atoms with van der Waals surface area (Å²) in [5, 5.41) is 9.67. The Morgan fingerprint density at radius 3 is 1.95 bits per heavy atom. The van der Waals surface area contributed by atoms with Crippen LogP contribution < -0.4 is 0 Å². The van der Waals surface area contributed by atoms with Crippen LogP contribution in [0.25, 0.3) is 0 Å². The van der Waals surface area contributed by atoms with Crippen LogP contribution in [0.5, 0.6) is 0 Å². The molecule has 0 N–H and O–H groups in total. The molecule has 0 unspecified atom stereocenters. The van der Waals surface area contributed by atoms with Crippen LogP contribution in [0, 0.1) is 28.6 Å². The third-order valence-corrected chi connectivity index (χ3v) is 6.08. The zero-order chi connectivity index (χ0) is 15.8. The fourth-order valence-corrected chi connectivity index (χ4v) is 4.49. The molecule has 0 saturated heterocycles. The average molecular weight is 306 g/mol. The van der Waals surface area contributed by atoms with Gasteiger partial charge in [0.1, 0.15) is 0 Å². The molecule has 0 aromatic carbocycles. The minimum absolute atomic E-state index is 0.176. The molecule has 2 saturated carbocycles. The van der Waals surface area contributed by atoms with Crippen molar-refractivity contribution in [3.8, 4) is 6.07 Å². The molecule has 2 aliphatic rings. The van der Waals surface area contributed by atoms with Crippen molar-refractivity contribution in [1.82, 2.24) is 0 Å². The molecule has 0 aromatic heterocycles. The van der Waals surface area contributed by atoms with E-state index >= 15 is 0 Å². The monoisotopic (exact) mass is 305 g/mol. The number of nitriles is 1. The van der Waals surface area contributed by atoms with E-state index in [1.54, 1.807) is 0 Å². The van der Waals surface area contributed by atoms with E-state index in [-0.39, 0.29) is 5.41 Å². The van der Waals surface area contributed by atoms with Crippen LogP contribution in [0.2, 0.25) is 0 Å². The Morgan fingerprint density at radius 1 is 0.909 bits per heavy atom. The predicted molar refractivity (Wildman–Crippen MR) is 91.5 cm³/mol. The molecule has 2 fully saturated rings. The van der Waals surface area contributed by atoms with Crippen molar-refractivity contribution in [1.29, 1.82) is 5.26 Å². The Bertz CT molecular complexity index is 343. The molecule has 0 bridgehead atoms. The highest BCUT2D eigenvalue weighted by molar-refractivity contribution is 5.02. The zero-order valence-corrected chi connectivity index (χ0v) is 14.8. The van der Waals surface area contributed by atoms with Gasteiger partial charge in [-0.15, -0.1) is 0 Å². The van der Waals surface area contributed by atoms with Gasteiger partial charge in [-0.25, -0.2) is 0 Å². The van der Waals surface area contributed by atoms with Crippen molar-refractivity contribution in [3.63, 3.8) is 0 Å². The highest BCUT2D eigenvalue weighted by atomic mass is 16.5. The van der Waals surface area contributed by atoms with Gasteiger partial charge in [-0.2, -0.15) is 5.26 Å². The smallest absolute Gasteiger partial charge is 0.0807 e. The van der Waals surface area contributed by atoms with Crippen molar-refractivity contribution in [2.45, 2.75) is 97.0 Å². The van der Waals surface area contributed by atoms with E-state index in [4.69, 9.17) is 4.74 Å². The summed E-state index contributed by atoms with van der Waals surface area (Å²) < 4.78 is 6.22. The lowest BCUT2D eigenvalue weighted by Gasteiger charge is -2.37. The normalized spacial score (nSPS) is 36.0. The van der Waals surface area contributed by atoms with E-state index in [1.807, 2.05) is 0 Å². The van der Waals surface area contributed by atoms with E-state index in [1.165, 1.54) is 64.2 Å². The van der Waals surface area contributed by atoms with Crippen LogP contribution in [0.15, 0.2) is 0 Å². The molecule has 0 atom stereocenters. The van der Waals surface area contributed by atoms with E-state index < -0.39 is 0 Å². The van der Waals surface area contributed by atoms with Crippen LogP contribution in [0.1, 0.15) is 90.9 Å². The minimum atomic E-state index is -0.176. The SMILES string of the molecule is CCCC1CCC(OCC2(C#N)CCC(CCC)CC2)CC1. The predicted octanol–water partition coefficient (Wildman–Crippen LogP) is 5.86. The first-order valence-electron chi connectivity index (χ1n) is 9.74. The van der Waals surface area contributed by atoms with Crippen LogP contribution in [-0.2, 0) is 4.74 Å². The lowest BCUT2D eigenvalue weighted by molar-refractivity contribution is -0.0298. The van der Waals surface area contributed by atoms with Crippen LogP contribution in [0.4, 0.5) is 0 Å². The van der Waals surface area contributed by atoms with E-state index in [0.717, 1.165) is 24.7 Å². The highest BCUT2D eigenvalue weighted by Crippen LogP contribution is 2.41. The number of hydrogen-bond donors (Lipinski definition) is 0. The lowest BCUT2D eigenvalue weighted by atomic mass is 9.71. The molecule has 0 aliphatic heterocycles. The van der Waals surface area contributed by atoms with Gasteiger partial charge in [-0.05, 0) is 63.2 Å². The van der Waals surface area contributed by atoms with E-state index in [9.17, 15) is 5.26 Å². The van der Waals surface area contributed by atoms with Gasteiger partial charge in [0.15, 0.2) is 0 Å². The summed E-state index contributed by atoms with van der Waals surface area (Å²) in [7, 11) is 0. The van der Waals surface area contributed by atoms with Gasteiger partial charge in [0.25, 0.3) is 0 Å². The average Bonchev–Trinajstić information content (AvgIpc) is 2.56. The molecule has 0 aromatic rings. The summed E-state index contributed by atoms with van der Waals surface area (Å²) in [6.45, 7) is 5.24. The van der Waals surface area contributed by atoms with Gasteiger partial charge < -0.3 is 4.74 Å². The summed E-state index contributed by atoms with van der Waals surface area (Å²) in [5.74, 6) is 1.79. The van der Waals surface area contributed by atoms with Gasteiger partial charge >= 0.3 is 0 Å². The highest BCUT2D eigenvalue weighted by Gasteiger charge is 2.36. The number of rotatable bonds is 7. The summed E-state index contributed by atoms with van der Waals surface area (Å²) >= 11 is 0. The Balaban J connectivity index is 1.72. The molecule has 2 aliphatic carbocycles. The first kappa shape index (κ1) is 17.8. The summed E-state index contributed by atoms with van der Waals surface area (Å²) in [5.41, 5.74) is -0.176. The van der Waals surface area contributed by atoms with Crippen LogP contribution >= 0.6 is 0 Å². The van der Waals surface area contributed by atoms with Gasteiger partial charge in [0.2, 0.25) is 0 Å². The van der Waals surface area contributed by atoms with Gasteiger partial charge in [0, 0.05) is 0 Å². The molecule has 126 valence electrons. The largest absolute Gasteiger partial charge is 0.377 e. The molecule has 0 radical (unpaired) electrons. The lowest BCUT2D eigenvalue weighted by Crippen LogP contribution is -2.33. The molecular formula is C20H35NO. The molecular weight excluding hydrogens is 270 g/mol. The maximum Gasteiger partial charge on any atom is 0.0807 e. The Kier molecular flexibility index (Phi) is 7.22. The maximum absolute atomic E-state index is 9.67. The minimum Gasteiger partial charge on any atom is -0.377 e. The van der Waals surface area contributed by atoms with Crippen molar-refractivity contribution in [2.75, 3.05) is 6.61 Å². The molecule has 2 rings (SSSR count). The molecule has 0 heterocycles. The zero-order valence-electron chi connectivity index (χ0n) is 14.8. The van der Waals surface area contributed by atoms with Crippen molar-refractivity contribution in [3.05, 3.63) is 0 Å².